The van der Waals surface area contributed by atoms with Crippen LogP contribution in [0.4, 0.5) is 0 Å². The maximum atomic E-state index is 11.9. The Morgan fingerprint density at radius 1 is 1.24 bits per heavy atom. The average molecular weight is 255 g/mol. The largest absolute Gasteiger partial charge is 0.355 e. The summed E-state index contributed by atoms with van der Waals surface area (Å²) < 4.78 is 23.7. The normalized spacial score (nSPS) is 11.2. The summed E-state index contributed by atoms with van der Waals surface area (Å²) >= 11 is 0. The molecule has 0 bridgehead atoms. The third kappa shape index (κ3) is 4.19. The van der Waals surface area contributed by atoms with E-state index in [1.807, 2.05) is 13.8 Å². The molecule has 0 aromatic heterocycles. The first-order valence-electron chi connectivity index (χ1n) is 5.52. The molecule has 0 radical (unpaired) electrons. The standard InChI is InChI=1S/C12H17NO3S/c1-3-8-13-12(14)9-17(15,16)11-6-4-10(2)5-7-11/h4-7H,3,8-9H2,1-2H3,(H,13,14). The van der Waals surface area contributed by atoms with Crippen molar-refractivity contribution in [3.05, 3.63) is 29.8 Å². The quantitative estimate of drug-likeness (QED) is 0.862. The van der Waals surface area contributed by atoms with Gasteiger partial charge in [0, 0.05) is 6.54 Å². The van der Waals surface area contributed by atoms with Crippen LogP contribution in [-0.4, -0.2) is 26.6 Å². The Hall–Kier alpha value is -1.36. The highest BCUT2D eigenvalue weighted by atomic mass is 32.2. The fraction of sp³-hybridized carbons (Fsp3) is 0.417. The Morgan fingerprint density at radius 3 is 2.35 bits per heavy atom. The van der Waals surface area contributed by atoms with Crippen LogP contribution in [0.1, 0.15) is 18.9 Å². The van der Waals surface area contributed by atoms with Crippen molar-refractivity contribution in [3.8, 4) is 0 Å². The first-order chi connectivity index (χ1) is 7.95. The van der Waals surface area contributed by atoms with Crippen molar-refractivity contribution in [1.82, 2.24) is 5.32 Å². The molecule has 1 N–H and O–H groups in total. The van der Waals surface area contributed by atoms with E-state index in [1.54, 1.807) is 12.1 Å². The van der Waals surface area contributed by atoms with Crippen molar-refractivity contribution in [2.75, 3.05) is 12.3 Å². The zero-order valence-corrected chi connectivity index (χ0v) is 10.9. The van der Waals surface area contributed by atoms with E-state index in [-0.39, 0.29) is 4.90 Å². The number of carbonyl (C=O) groups is 1. The summed E-state index contributed by atoms with van der Waals surface area (Å²) in [6.45, 7) is 4.29. The van der Waals surface area contributed by atoms with Gasteiger partial charge in [-0.2, -0.15) is 0 Å². The molecular formula is C12H17NO3S. The highest BCUT2D eigenvalue weighted by Gasteiger charge is 2.18. The van der Waals surface area contributed by atoms with Gasteiger partial charge in [-0.1, -0.05) is 24.6 Å². The van der Waals surface area contributed by atoms with Crippen LogP contribution in [0, 0.1) is 6.92 Å². The second kappa shape index (κ2) is 5.82. The van der Waals surface area contributed by atoms with Crippen LogP contribution >= 0.6 is 0 Å². The molecule has 0 unspecified atom stereocenters. The third-order valence-corrected chi connectivity index (χ3v) is 3.91. The van der Waals surface area contributed by atoms with Gasteiger partial charge >= 0.3 is 0 Å². The monoisotopic (exact) mass is 255 g/mol. The lowest BCUT2D eigenvalue weighted by molar-refractivity contribution is -0.118. The molecule has 0 heterocycles. The molecule has 17 heavy (non-hydrogen) atoms. The zero-order chi connectivity index (χ0) is 12.9. The molecule has 4 nitrogen and oxygen atoms in total. The van der Waals surface area contributed by atoms with Crippen LogP contribution < -0.4 is 5.32 Å². The van der Waals surface area contributed by atoms with E-state index in [0.717, 1.165) is 12.0 Å². The smallest absolute Gasteiger partial charge is 0.235 e. The molecule has 94 valence electrons. The van der Waals surface area contributed by atoms with Gasteiger partial charge in [-0.05, 0) is 25.5 Å². The Morgan fingerprint density at radius 2 is 1.82 bits per heavy atom. The lowest BCUT2D eigenvalue weighted by atomic mass is 10.2. The van der Waals surface area contributed by atoms with Gasteiger partial charge in [0.2, 0.25) is 5.91 Å². The zero-order valence-electron chi connectivity index (χ0n) is 10.1. The average Bonchev–Trinajstić information content (AvgIpc) is 2.26. The Labute approximate surface area is 102 Å². The van der Waals surface area contributed by atoms with Crippen molar-refractivity contribution in [2.24, 2.45) is 0 Å². The lowest BCUT2D eigenvalue weighted by Gasteiger charge is -2.05. The number of hydrogen-bond acceptors (Lipinski definition) is 3. The van der Waals surface area contributed by atoms with Crippen LogP contribution in [0.2, 0.25) is 0 Å². The minimum absolute atomic E-state index is 0.190. The minimum Gasteiger partial charge on any atom is -0.355 e. The number of nitrogens with one attached hydrogen (secondary N) is 1. The number of sulfone groups is 1. The van der Waals surface area contributed by atoms with E-state index in [4.69, 9.17) is 0 Å². The molecule has 0 saturated heterocycles. The maximum absolute atomic E-state index is 11.9. The number of benzene rings is 1. The topological polar surface area (TPSA) is 63.2 Å². The summed E-state index contributed by atoms with van der Waals surface area (Å²) in [6, 6.07) is 6.49. The Balaban J connectivity index is 2.75. The third-order valence-electron chi connectivity index (χ3n) is 2.27. The van der Waals surface area contributed by atoms with E-state index >= 15 is 0 Å². The van der Waals surface area contributed by atoms with Gasteiger partial charge in [0.1, 0.15) is 5.75 Å². The molecule has 1 aromatic carbocycles. The van der Waals surface area contributed by atoms with Gasteiger partial charge in [-0.3, -0.25) is 4.79 Å². The number of hydrogen-bond donors (Lipinski definition) is 1. The highest BCUT2D eigenvalue weighted by Crippen LogP contribution is 2.11. The lowest BCUT2D eigenvalue weighted by Crippen LogP contribution is -2.30. The van der Waals surface area contributed by atoms with Crippen molar-refractivity contribution >= 4 is 15.7 Å². The molecule has 1 aromatic rings. The van der Waals surface area contributed by atoms with Gasteiger partial charge in [0.15, 0.2) is 9.84 Å². The van der Waals surface area contributed by atoms with Crippen molar-refractivity contribution in [1.29, 1.82) is 0 Å². The number of rotatable bonds is 5. The predicted octanol–water partition coefficient (Wildman–Crippen LogP) is 1.29. The molecule has 0 fully saturated rings. The number of amides is 1. The van der Waals surface area contributed by atoms with Gasteiger partial charge in [0.05, 0.1) is 4.90 Å². The fourth-order valence-corrected chi connectivity index (χ4v) is 2.48. The Kier molecular flexibility index (Phi) is 4.69. The van der Waals surface area contributed by atoms with Crippen LogP contribution in [0.15, 0.2) is 29.2 Å². The van der Waals surface area contributed by atoms with Crippen molar-refractivity contribution in [3.63, 3.8) is 0 Å². The second-order valence-electron chi connectivity index (χ2n) is 3.92. The van der Waals surface area contributed by atoms with Crippen LogP contribution in [0.25, 0.3) is 0 Å². The predicted molar refractivity (Wildman–Crippen MR) is 66.5 cm³/mol. The minimum atomic E-state index is -3.52. The summed E-state index contributed by atoms with van der Waals surface area (Å²) in [5.74, 6) is -0.941. The van der Waals surface area contributed by atoms with Gasteiger partial charge < -0.3 is 5.32 Å². The first kappa shape index (κ1) is 13.7. The first-order valence-corrected chi connectivity index (χ1v) is 7.17. The summed E-state index contributed by atoms with van der Waals surface area (Å²) in [5, 5.41) is 2.55. The molecule has 0 aliphatic carbocycles. The highest BCUT2D eigenvalue weighted by molar-refractivity contribution is 7.92. The number of carbonyl (C=O) groups excluding carboxylic acids is 1. The van der Waals surface area contributed by atoms with Crippen molar-refractivity contribution in [2.45, 2.75) is 25.2 Å². The van der Waals surface area contributed by atoms with Crippen molar-refractivity contribution < 1.29 is 13.2 Å². The van der Waals surface area contributed by atoms with Gasteiger partial charge in [-0.25, -0.2) is 8.42 Å². The van der Waals surface area contributed by atoms with E-state index in [1.165, 1.54) is 12.1 Å². The van der Waals surface area contributed by atoms with E-state index in [9.17, 15) is 13.2 Å². The SMILES string of the molecule is CCCNC(=O)CS(=O)(=O)c1ccc(C)cc1. The molecular weight excluding hydrogens is 238 g/mol. The molecule has 0 atom stereocenters. The van der Waals surface area contributed by atoms with E-state index in [0.29, 0.717) is 6.54 Å². The Bertz CT molecular complexity index is 477. The van der Waals surface area contributed by atoms with E-state index in [2.05, 4.69) is 5.32 Å². The fourth-order valence-electron chi connectivity index (χ4n) is 1.32. The van der Waals surface area contributed by atoms with Crippen LogP contribution in [-0.2, 0) is 14.6 Å². The van der Waals surface area contributed by atoms with E-state index < -0.39 is 21.5 Å². The van der Waals surface area contributed by atoms with Crippen LogP contribution in [0.5, 0.6) is 0 Å². The molecule has 0 spiro atoms. The van der Waals surface area contributed by atoms with Gasteiger partial charge in [0.25, 0.3) is 0 Å². The molecule has 0 aliphatic rings. The summed E-state index contributed by atoms with van der Waals surface area (Å²) in [5.41, 5.74) is 0.986. The molecule has 0 aliphatic heterocycles. The summed E-state index contributed by atoms with van der Waals surface area (Å²) in [6.07, 6.45) is 0.788. The second-order valence-corrected chi connectivity index (χ2v) is 5.91. The number of aryl methyl sites for hydroxylation is 1. The van der Waals surface area contributed by atoms with Crippen LogP contribution in [0.3, 0.4) is 0 Å². The maximum Gasteiger partial charge on any atom is 0.235 e. The summed E-state index contributed by atoms with van der Waals surface area (Å²) in [7, 11) is -3.52. The molecule has 0 saturated carbocycles. The molecule has 1 amide bonds. The summed E-state index contributed by atoms with van der Waals surface area (Å²) in [4.78, 5) is 11.6. The molecule has 1 rings (SSSR count). The van der Waals surface area contributed by atoms with Gasteiger partial charge in [-0.15, -0.1) is 0 Å². The molecule has 5 heteroatoms.